The average Bonchev–Trinajstić information content (AvgIpc) is 3.97. The Morgan fingerprint density at radius 3 is 1.43 bits per heavy atom. The molecule has 6 aromatic rings. The van der Waals surface area contributed by atoms with Gasteiger partial charge in [0.2, 0.25) is 0 Å². The van der Waals surface area contributed by atoms with Gasteiger partial charge in [0.1, 0.15) is 17.5 Å². The van der Waals surface area contributed by atoms with Crippen LogP contribution in [0.5, 0.6) is 0 Å². The fourth-order valence-corrected chi connectivity index (χ4v) is 9.68. The lowest BCUT2D eigenvalue weighted by Crippen LogP contribution is -2.48. The lowest BCUT2D eigenvalue weighted by Gasteiger charge is -2.36. The molecule has 0 saturated carbocycles. The predicted molar refractivity (Wildman–Crippen MR) is 229 cm³/mol. The van der Waals surface area contributed by atoms with Gasteiger partial charge in [0.15, 0.2) is 0 Å². The molecule has 3 saturated heterocycles. The van der Waals surface area contributed by atoms with Crippen LogP contribution in [0.1, 0.15) is 13.8 Å². The molecule has 1 atom stereocenters. The molecule has 0 amide bonds. The summed E-state index contributed by atoms with van der Waals surface area (Å²) in [6.07, 6.45) is 0.321. The van der Waals surface area contributed by atoms with Crippen LogP contribution < -0.4 is 20.0 Å². The monoisotopic (exact) mass is 787 g/mol. The third kappa shape index (κ3) is 9.66. The Kier molecular flexibility index (Phi) is 13.9. The first kappa shape index (κ1) is 38.8. The van der Waals surface area contributed by atoms with Crippen LogP contribution in [0, 0.1) is 0 Å². The molecule has 1 N–H and O–H groups in total. The lowest BCUT2D eigenvalue weighted by atomic mass is 10.2. The first-order valence-electron chi connectivity index (χ1n) is 19.1. The van der Waals surface area contributed by atoms with Crippen molar-refractivity contribution in [1.82, 2.24) is 28.2 Å². The van der Waals surface area contributed by atoms with Gasteiger partial charge in [-0.05, 0) is 84.8 Å². The number of hydrogen-bond acceptors (Lipinski definition) is 14. The van der Waals surface area contributed by atoms with Crippen molar-refractivity contribution in [2.24, 2.45) is 0 Å². The van der Waals surface area contributed by atoms with E-state index in [0.29, 0.717) is 6.10 Å². The molecule has 3 fully saturated rings. The molecule has 0 spiro atoms. The molecule has 3 aromatic carbocycles. The van der Waals surface area contributed by atoms with Gasteiger partial charge in [-0.1, -0.05) is 36.4 Å². The fraction of sp³-hybridized carbons (Fsp3) is 0.475. The Bertz CT molecular complexity index is 2010. The van der Waals surface area contributed by atoms with Crippen molar-refractivity contribution in [2.75, 3.05) is 120 Å². The van der Waals surface area contributed by atoms with Crippen LogP contribution >= 0.6 is 34.6 Å². The van der Waals surface area contributed by atoms with Gasteiger partial charge in [0.25, 0.3) is 0 Å². The van der Waals surface area contributed by atoms with Gasteiger partial charge in [-0.2, -0.15) is 13.1 Å². The summed E-state index contributed by atoms with van der Waals surface area (Å²) in [6, 6.07) is 25.4. The van der Waals surface area contributed by atoms with Gasteiger partial charge in [0, 0.05) is 115 Å². The second-order valence-corrected chi connectivity index (χ2v) is 16.2. The molecule has 6 heterocycles. The topological polar surface area (TPSA) is 85.4 Å². The molecule has 0 bridgehead atoms. The van der Waals surface area contributed by atoms with Gasteiger partial charge in [-0.15, -0.1) is 0 Å². The summed E-state index contributed by atoms with van der Waals surface area (Å²) in [5.74, 6) is 3.47. The number of hydrogen-bond donors (Lipinski definition) is 1. The summed E-state index contributed by atoms with van der Waals surface area (Å²) < 4.78 is 28.5. The Hall–Kier alpha value is -3.47. The van der Waals surface area contributed by atoms with Gasteiger partial charge >= 0.3 is 0 Å². The maximum Gasteiger partial charge on any atom is 0.150 e. The number of nitrogens with zero attached hydrogens (tertiary/aromatic N) is 8. The Morgan fingerprint density at radius 2 is 1.00 bits per heavy atom. The van der Waals surface area contributed by atoms with E-state index in [9.17, 15) is 0 Å². The summed E-state index contributed by atoms with van der Waals surface area (Å²) in [4.78, 5) is 12.0. The average molecular weight is 788 g/mol. The summed E-state index contributed by atoms with van der Waals surface area (Å²) >= 11 is 4.78. The molecule has 3 aliphatic heterocycles. The molecule has 54 heavy (non-hydrogen) atoms. The summed E-state index contributed by atoms with van der Waals surface area (Å²) in [5, 5.41) is 7.23. The van der Waals surface area contributed by atoms with Gasteiger partial charge in [-0.3, -0.25) is 9.80 Å². The van der Waals surface area contributed by atoms with Crippen molar-refractivity contribution in [1.29, 1.82) is 0 Å². The highest BCUT2D eigenvalue weighted by Crippen LogP contribution is 2.32. The molecular formula is C40H53N9O2S3. The minimum Gasteiger partial charge on any atom is -0.377 e. The number of anilines is 3. The first-order chi connectivity index (χ1) is 26.6. The van der Waals surface area contributed by atoms with Crippen molar-refractivity contribution < 1.29 is 9.47 Å². The first-order valence-corrected chi connectivity index (χ1v) is 21.5. The molecular weight excluding hydrogens is 735 g/mol. The number of piperazine rings is 3. The minimum atomic E-state index is 0.321. The smallest absolute Gasteiger partial charge is 0.150 e. The maximum absolute atomic E-state index is 5.64. The fourth-order valence-electron chi connectivity index (χ4n) is 7.29. The van der Waals surface area contributed by atoms with Crippen LogP contribution in [-0.2, 0) is 9.47 Å². The summed E-state index contributed by atoms with van der Waals surface area (Å²) in [5.41, 5.74) is 0. The van der Waals surface area contributed by atoms with Crippen LogP contribution in [0.15, 0.2) is 72.8 Å². The van der Waals surface area contributed by atoms with E-state index in [2.05, 4.69) is 130 Å². The number of nitrogens with one attached hydrogen (secondary N) is 1. The van der Waals surface area contributed by atoms with Gasteiger partial charge in [-0.25, -0.2) is 0 Å². The Labute approximate surface area is 331 Å². The molecule has 14 heteroatoms. The van der Waals surface area contributed by atoms with E-state index in [0.717, 1.165) is 116 Å². The second kappa shape index (κ2) is 19.4. The van der Waals surface area contributed by atoms with E-state index in [1.807, 2.05) is 0 Å². The van der Waals surface area contributed by atoms with E-state index in [1.54, 1.807) is 41.7 Å². The number of methoxy groups -OCH3 is 1. The van der Waals surface area contributed by atoms with E-state index < -0.39 is 0 Å². The third-order valence-electron chi connectivity index (χ3n) is 10.1. The summed E-state index contributed by atoms with van der Waals surface area (Å²) in [6.45, 7) is 19.4. The molecule has 288 valence electrons. The highest BCUT2D eigenvalue weighted by Gasteiger charge is 2.23. The quantitative estimate of drug-likeness (QED) is 0.173. The molecule has 0 radical (unpaired) electrons. The predicted octanol–water partition coefficient (Wildman–Crippen LogP) is 6.57. The second-order valence-electron chi connectivity index (χ2n) is 13.8. The van der Waals surface area contributed by atoms with Crippen LogP contribution in [-0.4, -0.2) is 135 Å². The van der Waals surface area contributed by atoms with Crippen molar-refractivity contribution in [3.63, 3.8) is 0 Å². The van der Waals surface area contributed by atoms with Crippen molar-refractivity contribution in [3.8, 4) is 0 Å². The number of rotatable bonds is 9. The largest absolute Gasteiger partial charge is 0.377 e. The molecule has 9 rings (SSSR count). The van der Waals surface area contributed by atoms with Crippen molar-refractivity contribution in [2.45, 2.75) is 20.0 Å². The normalized spacial score (nSPS) is 17.7. The minimum absolute atomic E-state index is 0.321. The van der Waals surface area contributed by atoms with E-state index in [-0.39, 0.29) is 0 Å². The maximum atomic E-state index is 5.64. The van der Waals surface area contributed by atoms with E-state index >= 15 is 0 Å². The number of benzene rings is 3. The van der Waals surface area contributed by atoms with Crippen LogP contribution in [0.4, 0.5) is 17.5 Å². The van der Waals surface area contributed by atoms with E-state index in [4.69, 9.17) is 9.47 Å². The number of fused-ring (bicyclic) bond motifs is 3. The van der Waals surface area contributed by atoms with Gasteiger partial charge in [0.05, 0.1) is 26.9 Å². The zero-order valence-electron chi connectivity index (χ0n) is 31.7. The third-order valence-corrected chi connectivity index (χ3v) is 12.6. The van der Waals surface area contributed by atoms with Crippen LogP contribution in [0.2, 0.25) is 0 Å². The standard InChI is InChI=1S/C16H23N3OS.C13H17N3OS.C11H13N3S/c1-3-20-13(2)12-18-8-10-19(11-9-18)16-14-6-4-5-7-15(14)21-17-16;1-17-10-15-6-8-16(9-7-15)13-11-4-2-3-5-12(11)18-14-13;1-2-4-10-9(3-1)11(13-15-10)14-7-5-12-6-8-14/h4-7,13H,3,8-12H2,1-2H3;2-5H,6-10H2,1H3;1-4,12H,5-8H2. The highest BCUT2D eigenvalue weighted by molar-refractivity contribution is 7.14. The Balaban J connectivity index is 0.000000127. The SMILES string of the molecule is CCOC(C)CN1CCN(c2nsc3ccccc23)CC1.COCN1CCN(c2nsc3ccccc23)CC1.c1ccc2c(N3CCNCC3)nsc2c1. The van der Waals surface area contributed by atoms with Crippen LogP contribution in [0.3, 0.4) is 0 Å². The number of ether oxygens (including phenoxy) is 2. The lowest BCUT2D eigenvalue weighted by molar-refractivity contribution is 0.0442. The molecule has 1 unspecified atom stereocenters. The van der Waals surface area contributed by atoms with Crippen molar-refractivity contribution in [3.05, 3.63) is 72.8 Å². The van der Waals surface area contributed by atoms with Gasteiger partial charge < -0.3 is 29.5 Å². The van der Waals surface area contributed by atoms with Crippen molar-refractivity contribution >= 4 is 82.3 Å². The zero-order valence-corrected chi connectivity index (χ0v) is 34.2. The summed E-state index contributed by atoms with van der Waals surface area (Å²) in [7, 11) is 1.75. The molecule has 3 aromatic heterocycles. The number of aromatic nitrogens is 3. The Morgan fingerprint density at radius 1 is 0.593 bits per heavy atom. The molecule has 0 aliphatic carbocycles. The van der Waals surface area contributed by atoms with Crippen LogP contribution in [0.25, 0.3) is 30.3 Å². The van der Waals surface area contributed by atoms with E-state index in [1.165, 1.54) is 30.3 Å². The molecule has 3 aliphatic rings. The zero-order chi connectivity index (χ0) is 37.1. The molecule has 11 nitrogen and oxygen atoms in total. The highest BCUT2D eigenvalue weighted by atomic mass is 32.1.